The number of halogens is 1. The molecule has 0 saturated carbocycles. The number of nitrogens with zero attached hydrogens (tertiary/aromatic N) is 2. The van der Waals surface area contributed by atoms with E-state index in [1.807, 2.05) is 24.3 Å². The van der Waals surface area contributed by atoms with Crippen LogP contribution in [-0.2, 0) is 11.3 Å². The predicted octanol–water partition coefficient (Wildman–Crippen LogP) is 3.79. The summed E-state index contributed by atoms with van der Waals surface area (Å²) in [7, 11) is 0. The van der Waals surface area contributed by atoms with Gasteiger partial charge in [-0.25, -0.2) is 4.39 Å². The highest BCUT2D eigenvalue weighted by atomic mass is 19.1. The minimum absolute atomic E-state index is 0.0383. The van der Waals surface area contributed by atoms with Crippen LogP contribution in [0.1, 0.15) is 17.5 Å². The average Bonchev–Trinajstić information content (AvgIpc) is 2.62. The molecule has 2 aliphatic heterocycles. The fourth-order valence-electron chi connectivity index (χ4n) is 3.77. The minimum Gasteiger partial charge on any atom is -0.378 e. The molecule has 2 heterocycles. The molecule has 134 valence electrons. The summed E-state index contributed by atoms with van der Waals surface area (Å²) in [5, 5.41) is 11.0. The summed E-state index contributed by atoms with van der Waals surface area (Å²) in [6.45, 7) is 1.93. The highest BCUT2D eigenvalue weighted by Crippen LogP contribution is 2.35. The molecule has 2 atom stereocenters. The van der Waals surface area contributed by atoms with Gasteiger partial charge in [0.25, 0.3) is 5.69 Å². The third-order valence-electron chi connectivity index (χ3n) is 5.06. The highest BCUT2D eigenvalue weighted by Gasteiger charge is 2.35. The van der Waals surface area contributed by atoms with Gasteiger partial charge in [0.15, 0.2) is 0 Å². The third kappa shape index (κ3) is 3.25. The van der Waals surface area contributed by atoms with E-state index in [0.717, 1.165) is 12.1 Å². The summed E-state index contributed by atoms with van der Waals surface area (Å²) in [4.78, 5) is 12.9. The molecule has 0 spiro atoms. The van der Waals surface area contributed by atoms with Gasteiger partial charge in [0.05, 0.1) is 24.2 Å². The molecule has 2 aromatic carbocycles. The largest absolute Gasteiger partial charge is 0.378 e. The smallest absolute Gasteiger partial charge is 0.270 e. The molecule has 2 unspecified atom stereocenters. The van der Waals surface area contributed by atoms with Crippen molar-refractivity contribution in [3.05, 3.63) is 81.7 Å². The lowest BCUT2D eigenvalue weighted by molar-refractivity contribution is -0.384. The number of morpholine rings is 1. The number of nitro benzene ring substituents is 1. The number of hydrogen-bond acceptors (Lipinski definition) is 4. The van der Waals surface area contributed by atoms with Crippen molar-refractivity contribution in [2.75, 3.05) is 13.2 Å². The van der Waals surface area contributed by atoms with E-state index >= 15 is 0 Å². The topological polar surface area (TPSA) is 55.6 Å². The van der Waals surface area contributed by atoms with Crippen LogP contribution in [0.2, 0.25) is 0 Å². The Morgan fingerprint density at radius 2 is 2.00 bits per heavy atom. The van der Waals surface area contributed by atoms with E-state index in [4.69, 9.17) is 4.74 Å². The standard InChI is InChI=1S/C20H19FN2O3/c21-20-7-6-16(23(24)25)10-19(20)15-8-17-12-26-13-18(9-15)22(17)11-14-4-2-1-3-5-14/h1-8,10,17-18H,9,11-13H2. The molecule has 1 fully saturated rings. The number of nitro groups is 1. The van der Waals surface area contributed by atoms with Crippen LogP contribution in [0.15, 0.2) is 54.6 Å². The van der Waals surface area contributed by atoms with Crippen LogP contribution in [0.5, 0.6) is 0 Å². The van der Waals surface area contributed by atoms with E-state index in [0.29, 0.717) is 25.2 Å². The van der Waals surface area contributed by atoms with Crippen LogP contribution in [0.25, 0.3) is 5.57 Å². The third-order valence-corrected chi connectivity index (χ3v) is 5.06. The van der Waals surface area contributed by atoms with E-state index in [2.05, 4.69) is 17.0 Å². The van der Waals surface area contributed by atoms with E-state index in [1.165, 1.54) is 23.8 Å². The fraction of sp³-hybridized carbons (Fsp3) is 0.300. The molecular formula is C20H19FN2O3. The number of non-ortho nitro benzene ring substituents is 1. The Kier molecular flexibility index (Phi) is 4.53. The molecule has 0 amide bonds. The van der Waals surface area contributed by atoms with Gasteiger partial charge in [-0.05, 0) is 23.6 Å². The SMILES string of the molecule is O=[N+]([O-])c1ccc(F)c(C2=CC3COCC(C2)N3Cc2ccccc2)c1. The van der Waals surface area contributed by atoms with Crippen LogP contribution in [0.4, 0.5) is 10.1 Å². The molecule has 0 radical (unpaired) electrons. The van der Waals surface area contributed by atoms with Gasteiger partial charge in [-0.15, -0.1) is 0 Å². The zero-order valence-corrected chi connectivity index (χ0v) is 14.2. The van der Waals surface area contributed by atoms with Crippen molar-refractivity contribution in [3.8, 4) is 0 Å². The maximum Gasteiger partial charge on any atom is 0.270 e. The van der Waals surface area contributed by atoms with Gasteiger partial charge < -0.3 is 4.74 Å². The van der Waals surface area contributed by atoms with Gasteiger partial charge >= 0.3 is 0 Å². The molecule has 1 saturated heterocycles. The molecule has 2 aliphatic rings. The number of hydrogen-bond donors (Lipinski definition) is 0. The van der Waals surface area contributed by atoms with Crippen molar-refractivity contribution < 1.29 is 14.1 Å². The molecule has 4 rings (SSSR count). The van der Waals surface area contributed by atoms with Gasteiger partial charge in [0.2, 0.25) is 0 Å². The molecule has 26 heavy (non-hydrogen) atoms. The molecular weight excluding hydrogens is 335 g/mol. The van der Waals surface area contributed by atoms with Gasteiger partial charge in [0, 0.05) is 30.3 Å². The summed E-state index contributed by atoms with van der Waals surface area (Å²) in [5.41, 5.74) is 2.29. The number of fused-ring (bicyclic) bond motifs is 2. The maximum absolute atomic E-state index is 14.3. The van der Waals surface area contributed by atoms with Crippen molar-refractivity contribution in [2.24, 2.45) is 0 Å². The Balaban J connectivity index is 1.65. The maximum atomic E-state index is 14.3. The Morgan fingerprint density at radius 3 is 2.73 bits per heavy atom. The normalized spacial score (nSPS) is 22.7. The van der Waals surface area contributed by atoms with Gasteiger partial charge in [-0.2, -0.15) is 0 Å². The molecule has 0 aromatic heterocycles. The van der Waals surface area contributed by atoms with Gasteiger partial charge in [-0.1, -0.05) is 36.4 Å². The monoisotopic (exact) mass is 354 g/mol. The lowest BCUT2D eigenvalue weighted by Crippen LogP contribution is -2.53. The van der Waals surface area contributed by atoms with Crippen molar-refractivity contribution in [2.45, 2.75) is 25.0 Å². The zero-order chi connectivity index (χ0) is 18.1. The van der Waals surface area contributed by atoms with E-state index < -0.39 is 10.7 Å². The van der Waals surface area contributed by atoms with Crippen molar-refractivity contribution in [1.29, 1.82) is 0 Å². The lowest BCUT2D eigenvalue weighted by Gasteiger charge is -2.44. The van der Waals surface area contributed by atoms with E-state index in [-0.39, 0.29) is 17.8 Å². The minimum atomic E-state index is -0.488. The van der Waals surface area contributed by atoms with Crippen molar-refractivity contribution in [3.63, 3.8) is 0 Å². The lowest BCUT2D eigenvalue weighted by atomic mass is 9.89. The molecule has 0 aliphatic carbocycles. The van der Waals surface area contributed by atoms with Crippen molar-refractivity contribution >= 4 is 11.3 Å². The summed E-state index contributed by atoms with van der Waals surface area (Å²) in [5.74, 6) is -0.419. The van der Waals surface area contributed by atoms with E-state index in [1.54, 1.807) is 0 Å². The number of rotatable bonds is 4. The second-order valence-corrected chi connectivity index (χ2v) is 6.73. The predicted molar refractivity (Wildman–Crippen MR) is 96.0 cm³/mol. The van der Waals surface area contributed by atoms with Gasteiger partial charge in [0.1, 0.15) is 5.82 Å². The summed E-state index contributed by atoms with van der Waals surface area (Å²) in [6, 6.07) is 14.1. The first-order valence-corrected chi connectivity index (χ1v) is 8.64. The average molecular weight is 354 g/mol. The first-order valence-electron chi connectivity index (χ1n) is 8.64. The van der Waals surface area contributed by atoms with Crippen LogP contribution in [-0.4, -0.2) is 35.1 Å². The number of ether oxygens (including phenoxy) is 1. The van der Waals surface area contributed by atoms with Crippen LogP contribution in [0, 0.1) is 15.9 Å². The van der Waals surface area contributed by atoms with Crippen LogP contribution in [0.3, 0.4) is 0 Å². The molecule has 0 N–H and O–H groups in total. The van der Waals surface area contributed by atoms with E-state index in [9.17, 15) is 14.5 Å². The van der Waals surface area contributed by atoms with Gasteiger partial charge in [-0.3, -0.25) is 15.0 Å². The molecule has 6 heteroatoms. The second-order valence-electron chi connectivity index (χ2n) is 6.73. The molecule has 5 nitrogen and oxygen atoms in total. The Hall–Kier alpha value is -2.57. The first kappa shape index (κ1) is 16.9. The summed E-state index contributed by atoms with van der Waals surface area (Å²) < 4.78 is 20.0. The van der Waals surface area contributed by atoms with Crippen LogP contribution < -0.4 is 0 Å². The Labute approximate surface area is 150 Å². The second kappa shape index (κ2) is 6.97. The highest BCUT2D eigenvalue weighted by molar-refractivity contribution is 5.70. The fourth-order valence-corrected chi connectivity index (χ4v) is 3.77. The summed E-state index contributed by atoms with van der Waals surface area (Å²) >= 11 is 0. The summed E-state index contributed by atoms with van der Waals surface area (Å²) in [6.07, 6.45) is 2.61. The number of benzene rings is 2. The Bertz CT molecular complexity index is 853. The molecule has 2 aromatic rings. The van der Waals surface area contributed by atoms with Crippen LogP contribution >= 0.6 is 0 Å². The first-order chi connectivity index (χ1) is 12.6. The van der Waals surface area contributed by atoms with Crippen molar-refractivity contribution in [1.82, 2.24) is 4.90 Å². The quantitative estimate of drug-likeness (QED) is 0.619. The Morgan fingerprint density at radius 1 is 1.19 bits per heavy atom. The zero-order valence-electron chi connectivity index (χ0n) is 14.2. The molecule has 2 bridgehead atoms.